The third kappa shape index (κ3) is 5.28. The Hall–Kier alpha value is -1.73. The molecule has 1 aromatic carbocycles. The van der Waals surface area contributed by atoms with E-state index in [-0.39, 0.29) is 11.3 Å². The molecule has 4 nitrogen and oxygen atoms in total. The van der Waals surface area contributed by atoms with Gasteiger partial charge in [-0.3, -0.25) is 4.79 Å². The van der Waals surface area contributed by atoms with Crippen LogP contribution in [0.15, 0.2) is 18.2 Å². The molecule has 0 bridgehead atoms. The zero-order chi connectivity index (χ0) is 16.0. The topological polar surface area (TPSA) is 56.1 Å². The Morgan fingerprint density at radius 2 is 2.10 bits per heavy atom. The molecule has 0 atom stereocenters. The standard InChI is InChI=1S/C16H22ClN3O/c1-16(2,8-5-9-18)11-19-14-10-12(17)6-7-13(14)15(21)20(3)4/h6-7,10,19H,5,8,11H2,1-4H3. The molecule has 21 heavy (non-hydrogen) atoms. The van der Waals surface area contributed by atoms with Crippen LogP contribution in [0.3, 0.4) is 0 Å². The number of anilines is 1. The first-order valence-corrected chi connectivity index (χ1v) is 7.26. The van der Waals surface area contributed by atoms with Crippen LogP contribution in [0.1, 0.15) is 37.0 Å². The van der Waals surface area contributed by atoms with E-state index in [2.05, 4.69) is 25.2 Å². The molecule has 0 unspecified atom stereocenters. The van der Waals surface area contributed by atoms with E-state index in [1.807, 2.05) is 0 Å². The number of halogens is 1. The van der Waals surface area contributed by atoms with Crippen molar-refractivity contribution in [3.63, 3.8) is 0 Å². The first kappa shape index (κ1) is 17.3. The maximum Gasteiger partial charge on any atom is 0.255 e. The van der Waals surface area contributed by atoms with Crippen molar-refractivity contribution in [2.45, 2.75) is 26.7 Å². The molecule has 0 aliphatic carbocycles. The third-order valence-corrected chi connectivity index (χ3v) is 3.52. The van der Waals surface area contributed by atoms with E-state index in [4.69, 9.17) is 16.9 Å². The molecule has 5 heteroatoms. The second kappa shape index (κ2) is 7.33. The van der Waals surface area contributed by atoms with Crippen molar-refractivity contribution in [1.29, 1.82) is 5.26 Å². The predicted molar refractivity (Wildman–Crippen MR) is 86.6 cm³/mol. The average Bonchev–Trinajstić information content (AvgIpc) is 2.42. The smallest absolute Gasteiger partial charge is 0.255 e. The molecule has 0 aliphatic heterocycles. The minimum atomic E-state index is -0.0657. The summed E-state index contributed by atoms with van der Waals surface area (Å²) < 4.78 is 0. The van der Waals surface area contributed by atoms with Gasteiger partial charge in [0, 0.05) is 37.8 Å². The lowest BCUT2D eigenvalue weighted by atomic mass is 9.88. The first-order chi connectivity index (χ1) is 9.76. The number of nitrogens with zero attached hydrogens (tertiary/aromatic N) is 2. The maximum absolute atomic E-state index is 12.2. The summed E-state index contributed by atoms with van der Waals surface area (Å²) in [4.78, 5) is 13.7. The van der Waals surface area contributed by atoms with Crippen molar-refractivity contribution in [2.75, 3.05) is 26.0 Å². The molecule has 0 radical (unpaired) electrons. The van der Waals surface area contributed by atoms with Crippen LogP contribution in [0.4, 0.5) is 5.69 Å². The summed E-state index contributed by atoms with van der Waals surface area (Å²) >= 11 is 6.03. The number of carbonyl (C=O) groups excluding carboxylic acids is 1. The Morgan fingerprint density at radius 3 is 2.67 bits per heavy atom. The molecule has 0 saturated heterocycles. The predicted octanol–water partition coefficient (Wildman–Crippen LogP) is 3.78. The Bertz CT molecular complexity index is 547. The van der Waals surface area contributed by atoms with Gasteiger partial charge in [-0.15, -0.1) is 0 Å². The summed E-state index contributed by atoms with van der Waals surface area (Å²) in [6.07, 6.45) is 1.32. The largest absolute Gasteiger partial charge is 0.384 e. The molecule has 0 aromatic heterocycles. The van der Waals surface area contributed by atoms with E-state index in [9.17, 15) is 4.79 Å². The summed E-state index contributed by atoms with van der Waals surface area (Å²) in [5.41, 5.74) is 1.29. The van der Waals surface area contributed by atoms with Crippen LogP contribution in [0.2, 0.25) is 5.02 Å². The molecule has 114 valence electrons. The highest BCUT2D eigenvalue weighted by molar-refractivity contribution is 6.31. The lowest BCUT2D eigenvalue weighted by Crippen LogP contribution is -2.26. The maximum atomic E-state index is 12.2. The number of carbonyl (C=O) groups is 1. The lowest BCUT2D eigenvalue weighted by Gasteiger charge is -2.25. The number of hydrogen-bond donors (Lipinski definition) is 1. The van der Waals surface area contributed by atoms with Gasteiger partial charge < -0.3 is 10.2 Å². The van der Waals surface area contributed by atoms with Crippen molar-refractivity contribution in [2.24, 2.45) is 5.41 Å². The first-order valence-electron chi connectivity index (χ1n) is 6.89. The van der Waals surface area contributed by atoms with Crippen LogP contribution in [-0.4, -0.2) is 31.4 Å². The third-order valence-electron chi connectivity index (χ3n) is 3.29. The molecule has 0 fully saturated rings. The number of nitriles is 1. The molecule has 1 aromatic rings. The zero-order valence-corrected chi connectivity index (χ0v) is 13.8. The van der Waals surface area contributed by atoms with Gasteiger partial charge in [0.2, 0.25) is 0 Å². The van der Waals surface area contributed by atoms with Gasteiger partial charge in [-0.05, 0) is 30.0 Å². The van der Waals surface area contributed by atoms with Crippen molar-refractivity contribution in [3.8, 4) is 6.07 Å². The quantitative estimate of drug-likeness (QED) is 0.870. The molecular formula is C16H22ClN3O. The molecular weight excluding hydrogens is 286 g/mol. The lowest BCUT2D eigenvalue weighted by molar-refractivity contribution is 0.0828. The summed E-state index contributed by atoms with van der Waals surface area (Å²) in [5, 5.41) is 12.6. The number of hydrogen-bond acceptors (Lipinski definition) is 3. The highest BCUT2D eigenvalue weighted by Gasteiger charge is 2.19. The fourth-order valence-electron chi connectivity index (χ4n) is 1.91. The molecule has 0 aliphatic rings. The zero-order valence-electron chi connectivity index (χ0n) is 13.0. The van der Waals surface area contributed by atoms with E-state index in [0.29, 0.717) is 23.6 Å². The Labute approximate surface area is 131 Å². The summed E-state index contributed by atoms with van der Waals surface area (Å²) in [6, 6.07) is 7.37. The van der Waals surface area contributed by atoms with E-state index in [0.717, 1.165) is 12.1 Å². The van der Waals surface area contributed by atoms with Crippen molar-refractivity contribution in [1.82, 2.24) is 4.90 Å². The normalized spacial score (nSPS) is 10.9. The van der Waals surface area contributed by atoms with Crippen molar-refractivity contribution in [3.05, 3.63) is 28.8 Å². The van der Waals surface area contributed by atoms with Crippen molar-refractivity contribution < 1.29 is 4.79 Å². The SMILES string of the molecule is CN(C)C(=O)c1ccc(Cl)cc1NCC(C)(C)CCC#N. The van der Waals surface area contributed by atoms with Gasteiger partial charge in [-0.1, -0.05) is 25.4 Å². The summed E-state index contributed by atoms with van der Waals surface area (Å²) in [5.74, 6) is -0.0657. The minimum absolute atomic E-state index is 0.0313. The fourth-order valence-corrected chi connectivity index (χ4v) is 2.08. The number of nitrogens with one attached hydrogen (secondary N) is 1. The fraction of sp³-hybridized carbons (Fsp3) is 0.500. The second-order valence-electron chi connectivity index (χ2n) is 6.07. The van der Waals surface area contributed by atoms with Crippen LogP contribution in [0, 0.1) is 16.7 Å². The summed E-state index contributed by atoms with van der Waals surface area (Å²) in [6.45, 7) is 4.85. The van der Waals surface area contributed by atoms with Crippen LogP contribution < -0.4 is 5.32 Å². The minimum Gasteiger partial charge on any atom is -0.384 e. The van der Waals surface area contributed by atoms with Gasteiger partial charge in [0.15, 0.2) is 0 Å². The Balaban J connectivity index is 2.90. The Kier molecular flexibility index (Phi) is 6.04. The van der Waals surface area contributed by atoms with Gasteiger partial charge in [-0.2, -0.15) is 5.26 Å². The van der Waals surface area contributed by atoms with E-state index in [1.165, 1.54) is 4.90 Å². The van der Waals surface area contributed by atoms with E-state index in [1.54, 1.807) is 32.3 Å². The van der Waals surface area contributed by atoms with Crippen LogP contribution in [0.5, 0.6) is 0 Å². The van der Waals surface area contributed by atoms with Gasteiger partial charge in [0.1, 0.15) is 0 Å². The highest BCUT2D eigenvalue weighted by Crippen LogP contribution is 2.26. The van der Waals surface area contributed by atoms with E-state index >= 15 is 0 Å². The molecule has 0 saturated carbocycles. The van der Waals surface area contributed by atoms with Gasteiger partial charge in [-0.25, -0.2) is 0 Å². The number of amides is 1. The molecule has 0 heterocycles. The van der Waals surface area contributed by atoms with Gasteiger partial charge >= 0.3 is 0 Å². The van der Waals surface area contributed by atoms with Crippen molar-refractivity contribution >= 4 is 23.2 Å². The Morgan fingerprint density at radius 1 is 1.43 bits per heavy atom. The monoisotopic (exact) mass is 307 g/mol. The second-order valence-corrected chi connectivity index (χ2v) is 6.50. The molecule has 1 amide bonds. The van der Waals surface area contributed by atoms with Crippen LogP contribution >= 0.6 is 11.6 Å². The number of benzene rings is 1. The average molecular weight is 308 g/mol. The van der Waals surface area contributed by atoms with E-state index < -0.39 is 0 Å². The molecule has 1 N–H and O–H groups in total. The van der Waals surface area contributed by atoms with Crippen LogP contribution in [-0.2, 0) is 0 Å². The number of rotatable bonds is 6. The van der Waals surface area contributed by atoms with Gasteiger partial charge in [0.05, 0.1) is 11.6 Å². The van der Waals surface area contributed by atoms with Crippen LogP contribution in [0.25, 0.3) is 0 Å². The molecule has 0 spiro atoms. The molecule has 1 rings (SSSR count). The summed E-state index contributed by atoms with van der Waals surface area (Å²) in [7, 11) is 3.44. The highest BCUT2D eigenvalue weighted by atomic mass is 35.5. The van der Waals surface area contributed by atoms with Gasteiger partial charge in [0.25, 0.3) is 5.91 Å².